The minimum absolute atomic E-state index is 0.00674. The van der Waals surface area contributed by atoms with Crippen LogP contribution in [0.2, 0.25) is 0 Å². The van der Waals surface area contributed by atoms with Gasteiger partial charge in [0.05, 0.1) is 16.6 Å². The molecule has 3 rings (SSSR count). The number of allylic oxidation sites excluding steroid dienone is 2. The van der Waals surface area contributed by atoms with E-state index in [0.29, 0.717) is 18.5 Å². The average Bonchev–Trinajstić information content (AvgIpc) is 2.98. The minimum Gasteiger partial charge on any atom is -0.359 e. The summed E-state index contributed by atoms with van der Waals surface area (Å²) in [5, 5.41) is 11.7. The van der Waals surface area contributed by atoms with Crippen molar-refractivity contribution in [1.82, 2.24) is 10.2 Å². The van der Waals surface area contributed by atoms with Gasteiger partial charge in [0.15, 0.2) is 5.11 Å². The van der Waals surface area contributed by atoms with Crippen molar-refractivity contribution < 1.29 is 14.0 Å². The molecule has 1 aromatic carbocycles. The predicted molar refractivity (Wildman–Crippen MR) is 135 cm³/mol. The van der Waals surface area contributed by atoms with E-state index in [4.69, 9.17) is 29.1 Å². The van der Waals surface area contributed by atoms with Crippen LogP contribution in [0.5, 0.6) is 0 Å². The molecule has 9 heteroatoms. The van der Waals surface area contributed by atoms with Crippen LogP contribution < -0.4 is 10.2 Å². The highest BCUT2D eigenvalue weighted by Gasteiger charge is 2.53. The Morgan fingerprint density at radius 2 is 1.97 bits per heavy atom. The summed E-state index contributed by atoms with van der Waals surface area (Å²) in [6.45, 7) is 7.30. The minimum atomic E-state index is -1.04. The van der Waals surface area contributed by atoms with Crippen LogP contribution in [-0.4, -0.2) is 40.5 Å². The molecule has 0 saturated carbocycles. The van der Waals surface area contributed by atoms with Gasteiger partial charge in [0.2, 0.25) is 5.91 Å². The molecule has 1 fully saturated rings. The molecule has 1 aliphatic heterocycles. The molecule has 1 heterocycles. The van der Waals surface area contributed by atoms with Crippen LogP contribution in [0.1, 0.15) is 46.1 Å². The molecule has 34 heavy (non-hydrogen) atoms. The number of nitrogens with one attached hydrogen (secondary N) is 1. The van der Waals surface area contributed by atoms with Crippen molar-refractivity contribution in [2.24, 2.45) is 5.41 Å². The number of nitrogens with zero attached hydrogens (tertiary/aromatic N) is 3. The van der Waals surface area contributed by atoms with Crippen molar-refractivity contribution in [2.45, 2.75) is 58.5 Å². The third-order valence-electron chi connectivity index (χ3n) is 6.49. The number of thiocarbonyl (C=S) groups is 1. The summed E-state index contributed by atoms with van der Waals surface area (Å²) < 4.78 is 15.0. The number of anilines is 1. The lowest BCUT2D eigenvalue weighted by atomic mass is 9.85. The monoisotopic (exact) mass is 502 g/mol. The van der Waals surface area contributed by atoms with Gasteiger partial charge in [-0.15, -0.1) is 0 Å². The Morgan fingerprint density at radius 3 is 2.53 bits per heavy atom. The van der Waals surface area contributed by atoms with Gasteiger partial charge in [-0.2, -0.15) is 5.26 Å². The van der Waals surface area contributed by atoms with E-state index in [-0.39, 0.29) is 34.0 Å². The number of hydrogen-bond donors (Lipinski definition) is 1. The molecule has 0 aromatic heterocycles. The first-order valence-electron chi connectivity index (χ1n) is 11.0. The van der Waals surface area contributed by atoms with Crippen molar-refractivity contribution in [3.8, 4) is 6.07 Å². The summed E-state index contributed by atoms with van der Waals surface area (Å²) in [6, 6.07) is 8.52. The second kappa shape index (κ2) is 9.47. The Bertz CT molecular complexity index is 1130. The maximum atomic E-state index is 15.0. The van der Waals surface area contributed by atoms with Crippen LogP contribution in [0.4, 0.5) is 10.1 Å². The number of benzene rings is 1. The smallest absolute Gasteiger partial charge is 0.255 e. The molecule has 1 aromatic rings. The van der Waals surface area contributed by atoms with Gasteiger partial charge in [-0.25, -0.2) is 4.39 Å². The highest BCUT2D eigenvalue weighted by atomic mass is 35.5. The SMILES string of the molecule is CNC(=O)C(C)(C)CCc1ccc(N2C(=S)N(C3CC=C(C#N)C(Cl)=C3F)C(=O)C2(C)C)cc1. The predicted octanol–water partition coefficient (Wildman–Crippen LogP) is 4.75. The molecule has 0 bridgehead atoms. The molecule has 2 amide bonds. The van der Waals surface area contributed by atoms with E-state index in [0.717, 1.165) is 5.56 Å². The van der Waals surface area contributed by atoms with Crippen LogP contribution in [0, 0.1) is 16.7 Å². The van der Waals surface area contributed by atoms with Gasteiger partial charge >= 0.3 is 0 Å². The van der Waals surface area contributed by atoms with Crippen molar-refractivity contribution in [3.63, 3.8) is 0 Å². The van der Waals surface area contributed by atoms with Gasteiger partial charge in [0, 0.05) is 18.2 Å². The van der Waals surface area contributed by atoms with Crippen LogP contribution in [0.15, 0.2) is 46.8 Å². The molecule has 6 nitrogen and oxygen atoms in total. The zero-order chi connectivity index (χ0) is 25.4. The largest absolute Gasteiger partial charge is 0.359 e. The lowest BCUT2D eigenvalue weighted by molar-refractivity contribution is -0.131. The molecule has 1 atom stereocenters. The second-order valence-corrected chi connectivity index (χ2v) is 10.4. The highest BCUT2D eigenvalue weighted by Crippen LogP contribution is 2.40. The van der Waals surface area contributed by atoms with Crippen molar-refractivity contribution >= 4 is 46.4 Å². The normalized spacial score (nSPS) is 20.4. The number of aryl methyl sites for hydroxylation is 1. The molecule has 1 aliphatic carbocycles. The van der Waals surface area contributed by atoms with Gasteiger partial charge in [0.1, 0.15) is 17.4 Å². The first-order valence-corrected chi connectivity index (χ1v) is 11.8. The summed E-state index contributed by atoms with van der Waals surface area (Å²) in [7, 11) is 1.63. The first kappa shape index (κ1) is 25.9. The van der Waals surface area contributed by atoms with E-state index in [2.05, 4.69) is 5.32 Å². The Labute approximate surface area is 210 Å². The van der Waals surface area contributed by atoms with E-state index in [1.807, 2.05) is 44.2 Å². The fourth-order valence-electron chi connectivity index (χ4n) is 4.26. The lowest BCUT2D eigenvalue weighted by Gasteiger charge is -2.30. The maximum Gasteiger partial charge on any atom is 0.255 e. The van der Waals surface area contributed by atoms with Gasteiger partial charge in [-0.05, 0) is 63.0 Å². The van der Waals surface area contributed by atoms with Gasteiger partial charge in [-0.1, -0.05) is 43.7 Å². The average molecular weight is 503 g/mol. The number of amides is 2. The van der Waals surface area contributed by atoms with Crippen molar-refractivity contribution in [3.05, 3.63) is 52.3 Å². The number of nitriles is 1. The lowest BCUT2D eigenvalue weighted by Crippen LogP contribution is -2.45. The van der Waals surface area contributed by atoms with E-state index >= 15 is 4.39 Å². The second-order valence-electron chi connectivity index (χ2n) is 9.62. The topological polar surface area (TPSA) is 76.4 Å². The molecule has 180 valence electrons. The van der Waals surface area contributed by atoms with Crippen LogP contribution in [0.25, 0.3) is 0 Å². The molecular formula is C25H28ClFN4O2S. The number of halogens is 2. The van der Waals surface area contributed by atoms with Gasteiger partial charge in [-0.3, -0.25) is 14.5 Å². The number of carbonyl (C=O) groups excluding carboxylic acids is 2. The zero-order valence-electron chi connectivity index (χ0n) is 19.9. The van der Waals surface area contributed by atoms with Crippen LogP contribution in [-0.2, 0) is 16.0 Å². The number of carbonyl (C=O) groups is 2. The van der Waals surface area contributed by atoms with E-state index in [1.165, 1.54) is 11.0 Å². The van der Waals surface area contributed by atoms with E-state index in [9.17, 15) is 9.59 Å². The molecular weight excluding hydrogens is 475 g/mol. The summed E-state index contributed by atoms with van der Waals surface area (Å²) in [5.41, 5.74) is 0.289. The molecule has 1 saturated heterocycles. The Balaban J connectivity index is 1.83. The van der Waals surface area contributed by atoms with E-state index in [1.54, 1.807) is 25.8 Å². The Morgan fingerprint density at radius 1 is 1.35 bits per heavy atom. The maximum absolute atomic E-state index is 15.0. The third-order valence-corrected chi connectivity index (χ3v) is 7.25. The summed E-state index contributed by atoms with van der Waals surface area (Å²) >= 11 is 11.7. The zero-order valence-corrected chi connectivity index (χ0v) is 21.5. The van der Waals surface area contributed by atoms with E-state index < -0.39 is 22.8 Å². The molecule has 1 unspecified atom stereocenters. The van der Waals surface area contributed by atoms with Crippen molar-refractivity contribution in [1.29, 1.82) is 5.26 Å². The molecule has 1 N–H and O–H groups in total. The van der Waals surface area contributed by atoms with Gasteiger partial charge in [0.25, 0.3) is 5.91 Å². The number of rotatable bonds is 6. The Hall–Kier alpha value is -2.76. The third kappa shape index (κ3) is 4.47. The van der Waals surface area contributed by atoms with Crippen LogP contribution in [0.3, 0.4) is 0 Å². The highest BCUT2D eigenvalue weighted by molar-refractivity contribution is 7.80. The quantitative estimate of drug-likeness (QED) is 0.568. The standard InChI is InChI=1S/C25H28ClFN4O2S/c1-24(2,21(32)29-5)13-12-15-6-9-17(10-7-15)31-23(34)30(22(33)25(31,3)4)18-11-8-16(14-28)19(26)20(18)27/h6-10,18H,11-13H2,1-5H3,(H,29,32). The number of hydrogen-bond acceptors (Lipinski definition) is 4. The molecule has 0 radical (unpaired) electrons. The van der Waals surface area contributed by atoms with Crippen molar-refractivity contribution in [2.75, 3.05) is 11.9 Å². The fourth-order valence-corrected chi connectivity index (χ4v) is 5.05. The summed E-state index contributed by atoms with van der Waals surface area (Å²) in [5.74, 6) is -1.08. The Kier molecular flexibility index (Phi) is 7.20. The molecule has 0 spiro atoms. The van der Waals surface area contributed by atoms with Gasteiger partial charge < -0.3 is 10.2 Å². The molecule has 2 aliphatic rings. The fraction of sp³-hybridized carbons (Fsp3) is 0.440. The summed E-state index contributed by atoms with van der Waals surface area (Å²) in [6.07, 6.45) is 3.03. The first-order chi connectivity index (χ1) is 15.9. The summed E-state index contributed by atoms with van der Waals surface area (Å²) in [4.78, 5) is 28.3. The van der Waals surface area contributed by atoms with Crippen LogP contribution >= 0.6 is 23.8 Å².